The van der Waals surface area contributed by atoms with E-state index in [0.29, 0.717) is 29.5 Å². The molecule has 160 valence electrons. The Bertz CT molecular complexity index is 857. The number of hydrogen-bond donors (Lipinski definition) is 5. The third-order valence-electron chi connectivity index (χ3n) is 5.13. The summed E-state index contributed by atoms with van der Waals surface area (Å²) in [7, 11) is 0. The molecular weight excluding hydrogens is 376 g/mol. The lowest BCUT2D eigenvalue weighted by atomic mass is 10.0. The van der Waals surface area contributed by atoms with Crippen LogP contribution in [0.1, 0.15) is 51.1 Å². The number of hydrogen-bond acceptors (Lipinski definition) is 9. The molecule has 10 nitrogen and oxygen atoms in total. The fourth-order valence-corrected chi connectivity index (χ4v) is 3.43. The molecule has 2 aromatic heterocycles. The molecule has 1 aliphatic heterocycles. The van der Waals surface area contributed by atoms with E-state index in [2.05, 4.69) is 26.8 Å². The molecule has 1 unspecified atom stereocenters. The van der Waals surface area contributed by atoms with Crippen molar-refractivity contribution >= 4 is 22.9 Å². The minimum absolute atomic E-state index is 0.0419. The predicted molar refractivity (Wildman–Crippen MR) is 109 cm³/mol. The van der Waals surface area contributed by atoms with Crippen LogP contribution >= 0.6 is 0 Å². The van der Waals surface area contributed by atoms with Crippen LogP contribution in [-0.4, -0.2) is 66.3 Å². The monoisotopic (exact) mass is 406 g/mol. The maximum Gasteiger partial charge on any atom is 0.207 e. The van der Waals surface area contributed by atoms with Crippen LogP contribution in [0.5, 0.6) is 0 Å². The van der Waals surface area contributed by atoms with Crippen molar-refractivity contribution in [1.82, 2.24) is 19.5 Å². The number of anilines is 2. The average molecular weight is 406 g/mol. The Labute approximate surface area is 169 Å². The van der Waals surface area contributed by atoms with E-state index in [-0.39, 0.29) is 11.7 Å². The van der Waals surface area contributed by atoms with Crippen LogP contribution in [0.3, 0.4) is 0 Å². The normalized spacial score (nSPS) is 25.4. The molecule has 0 radical (unpaired) electrons. The van der Waals surface area contributed by atoms with Gasteiger partial charge in [-0.3, -0.25) is 4.57 Å². The number of aliphatic hydroxyl groups is 3. The van der Waals surface area contributed by atoms with E-state index in [9.17, 15) is 15.3 Å². The van der Waals surface area contributed by atoms with E-state index >= 15 is 0 Å². The number of nitrogens with two attached hydrogens (primary N) is 1. The molecule has 3 rings (SSSR count). The van der Waals surface area contributed by atoms with Crippen molar-refractivity contribution in [3.8, 4) is 0 Å². The average Bonchev–Trinajstić information content (AvgIpc) is 3.22. The van der Waals surface area contributed by atoms with Gasteiger partial charge in [-0.1, -0.05) is 19.9 Å². The Balaban J connectivity index is 2.11. The van der Waals surface area contributed by atoms with Crippen LogP contribution < -0.4 is 11.1 Å². The molecule has 5 atom stereocenters. The number of fused-ring (bicyclic) bond motifs is 1. The lowest BCUT2D eigenvalue weighted by Crippen LogP contribution is -2.33. The molecule has 0 saturated carbocycles. The van der Waals surface area contributed by atoms with Crippen LogP contribution in [0.4, 0.5) is 11.8 Å². The van der Waals surface area contributed by atoms with Gasteiger partial charge >= 0.3 is 0 Å². The summed E-state index contributed by atoms with van der Waals surface area (Å²) >= 11 is 0. The number of aromatic nitrogens is 4. The molecule has 1 fully saturated rings. The maximum atomic E-state index is 10.6. The zero-order valence-electron chi connectivity index (χ0n) is 16.8. The molecule has 2 aromatic rings. The zero-order valence-corrected chi connectivity index (χ0v) is 16.8. The molecule has 29 heavy (non-hydrogen) atoms. The van der Waals surface area contributed by atoms with Gasteiger partial charge in [0.05, 0.1) is 6.61 Å². The number of imidazole rings is 1. The quantitative estimate of drug-likeness (QED) is 0.383. The van der Waals surface area contributed by atoms with Crippen molar-refractivity contribution in [2.75, 3.05) is 24.2 Å². The minimum atomic E-state index is -1.26. The maximum absolute atomic E-state index is 10.6. The summed E-state index contributed by atoms with van der Waals surface area (Å²) in [6, 6.07) is 0. The van der Waals surface area contributed by atoms with E-state index in [1.807, 2.05) is 19.9 Å². The lowest BCUT2D eigenvalue weighted by molar-refractivity contribution is -0.0501. The summed E-state index contributed by atoms with van der Waals surface area (Å²) in [5.74, 6) is 1.25. The first kappa shape index (κ1) is 21.4. The Morgan fingerprint density at radius 2 is 2.07 bits per heavy atom. The third kappa shape index (κ3) is 4.06. The summed E-state index contributed by atoms with van der Waals surface area (Å²) < 4.78 is 7.33. The van der Waals surface area contributed by atoms with Crippen molar-refractivity contribution in [3.05, 3.63) is 18.5 Å². The molecular formula is C19H30N6O4. The smallest absolute Gasteiger partial charge is 0.207 e. The number of nitrogens with one attached hydrogen (secondary N) is 1. The van der Waals surface area contributed by atoms with Gasteiger partial charge in [-0.25, -0.2) is 15.0 Å². The van der Waals surface area contributed by atoms with E-state index in [4.69, 9.17) is 10.5 Å². The van der Waals surface area contributed by atoms with E-state index < -0.39 is 31.1 Å². The zero-order chi connectivity index (χ0) is 21.1. The van der Waals surface area contributed by atoms with Crippen LogP contribution in [-0.2, 0) is 4.74 Å². The van der Waals surface area contributed by atoms with Crippen molar-refractivity contribution in [3.63, 3.8) is 0 Å². The lowest BCUT2D eigenvalue weighted by Gasteiger charge is -2.20. The number of ether oxygens (including phenoxy) is 1. The molecule has 6 N–H and O–H groups in total. The standard InChI is InChI=1S/C19H30N6O4/c1-4-6-7-10(3)16-23-15(20)12-17(24-16)25(19(22-12)21-8-5-2)18-14(28)13(27)11(9-26)29-18/h4,10-11,13-14,18,26-28H,1,5-9H2,2-3H3,(H,21,22)(H2,20,23,24)/t10?,11-,13-,14-,18-/m1/s1. The summed E-state index contributed by atoms with van der Waals surface area (Å²) in [4.78, 5) is 13.6. The highest BCUT2D eigenvalue weighted by Gasteiger charge is 2.45. The minimum Gasteiger partial charge on any atom is -0.394 e. The van der Waals surface area contributed by atoms with Gasteiger partial charge in [-0.05, 0) is 19.3 Å². The highest BCUT2D eigenvalue weighted by molar-refractivity contribution is 5.84. The van der Waals surface area contributed by atoms with Gasteiger partial charge in [-0.2, -0.15) is 0 Å². The van der Waals surface area contributed by atoms with Gasteiger partial charge in [0.25, 0.3) is 0 Å². The number of rotatable bonds is 9. The van der Waals surface area contributed by atoms with Crippen molar-refractivity contribution in [2.24, 2.45) is 0 Å². The van der Waals surface area contributed by atoms with Gasteiger partial charge in [0.15, 0.2) is 23.2 Å². The molecule has 0 aromatic carbocycles. The number of nitrogens with zero attached hydrogens (tertiary/aromatic N) is 4. The molecule has 1 aliphatic rings. The molecule has 0 spiro atoms. The molecule has 10 heteroatoms. The highest BCUT2D eigenvalue weighted by Crippen LogP contribution is 2.36. The van der Waals surface area contributed by atoms with Gasteiger partial charge < -0.3 is 31.1 Å². The third-order valence-corrected chi connectivity index (χ3v) is 5.13. The number of aliphatic hydroxyl groups excluding tert-OH is 3. The largest absolute Gasteiger partial charge is 0.394 e. The van der Waals surface area contributed by atoms with E-state index in [1.54, 1.807) is 4.57 Å². The van der Waals surface area contributed by atoms with Crippen LogP contribution in [0.25, 0.3) is 11.2 Å². The van der Waals surface area contributed by atoms with E-state index in [0.717, 1.165) is 19.3 Å². The molecule has 1 saturated heterocycles. The predicted octanol–water partition coefficient (Wildman–Crippen LogP) is 0.912. The summed E-state index contributed by atoms with van der Waals surface area (Å²) in [6.07, 6.45) is -0.0411. The van der Waals surface area contributed by atoms with Crippen LogP contribution in [0.15, 0.2) is 12.7 Å². The molecule has 0 bridgehead atoms. The van der Waals surface area contributed by atoms with Crippen molar-refractivity contribution in [1.29, 1.82) is 0 Å². The van der Waals surface area contributed by atoms with Crippen molar-refractivity contribution in [2.45, 2.75) is 63.6 Å². The first-order valence-electron chi connectivity index (χ1n) is 9.95. The Kier molecular flexibility index (Phi) is 6.68. The highest BCUT2D eigenvalue weighted by atomic mass is 16.6. The second-order valence-corrected chi connectivity index (χ2v) is 7.37. The second kappa shape index (κ2) is 9.04. The summed E-state index contributed by atoms with van der Waals surface area (Å²) in [5.41, 5.74) is 6.98. The first-order chi connectivity index (χ1) is 13.9. The van der Waals surface area contributed by atoms with Gasteiger partial charge in [0.1, 0.15) is 24.1 Å². The van der Waals surface area contributed by atoms with Crippen molar-refractivity contribution < 1.29 is 20.1 Å². The van der Waals surface area contributed by atoms with Gasteiger partial charge in [0, 0.05) is 12.5 Å². The van der Waals surface area contributed by atoms with Crippen LogP contribution in [0.2, 0.25) is 0 Å². The summed E-state index contributed by atoms with van der Waals surface area (Å²) in [6.45, 7) is 7.98. The topological polar surface area (TPSA) is 152 Å². The van der Waals surface area contributed by atoms with Gasteiger partial charge in [0.2, 0.25) is 5.95 Å². The Morgan fingerprint density at radius 1 is 1.31 bits per heavy atom. The summed E-state index contributed by atoms with van der Waals surface area (Å²) in [5, 5.41) is 33.4. The van der Waals surface area contributed by atoms with Gasteiger partial charge in [-0.15, -0.1) is 6.58 Å². The van der Waals surface area contributed by atoms with Crippen LogP contribution in [0, 0.1) is 0 Å². The Morgan fingerprint density at radius 3 is 2.69 bits per heavy atom. The Hall–Kier alpha value is -2.27. The number of allylic oxidation sites excluding steroid dienone is 1. The fourth-order valence-electron chi connectivity index (χ4n) is 3.43. The SMILES string of the molecule is C=CCCC(C)c1nc(N)c2nc(NCCC)n([C@@H]3O[C@H](CO)[C@@H](O)[C@H]3O)c2n1. The first-order valence-corrected chi connectivity index (χ1v) is 9.95. The molecule has 3 heterocycles. The molecule has 0 amide bonds. The second-order valence-electron chi connectivity index (χ2n) is 7.37. The number of nitrogen functional groups attached to an aromatic ring is 1. The molecule has 0 aliphatic carbocycles. The van der Waals surface area contributed by atoms with E-state index in [1.165, 1.54) is 0 Å². The fraction of sp³-hybridized carbons (Fsp3) is 0.632.